The Hall–Kier alpha value is -2.96. The lowest BCUT2D eigenvalue weighted by atomic mass is 10.0. The van der Waals surface area contributed by atoms with Crippen LogP contribution in [0, 0.1) is 13.8 Å². The van der Waals surface area contributed by atoms with Crippen LogP contribution in [0.5, 0.6) is 0 Å². The number of benzene rings is 2. The molecule has 144 valence electrons. The van der Waals surface area contributed by atoms with Gasteiger partial charge in [-0.2, -0.15) is 0 Å². The molecule has 0 saturated heterocycles. The van der Waals surface area contributed by atoms with Crippen LogP contribution < -0.4 is 5.32 Å². The number of hydrogen-bond acceptors (Lipinski definition) is 5. The minimum Gasteiger partial charge on any atom is -0.298 e. The highest BCUT2D eigenvalue weighted by Gasteiger charge is 2.14. The molecule has 29 heavy (non-hydrogen) atoms. The number of hydrogen-bond donors (Lipinski definition) is 1. The van der Waals surface area contributed by atoms with E-state index in [-0.39, 0.29) is 5.91 Å². The summed E-state index contributed by atoms with van der Waals surface area (Å²) >= 11 is 3.18. The molecule has 4 nitrogen and oxygen atoms in total. The third-order valence-corrected chi connectivity index (χ3v) is 6.15. The van der Waals surface area contributed by atoms with Crippen LogP contribution in [-0.2, 0) is 0 Å². The Kier molecular flexibility index (Phi) is 5.74. The van der Waals surface area contributed by atoms with E-state index >= 15 is 0 Å². The average Bonchev–Trinajstić information content (AvgIpc) is 3.17. The topological polar surface area (TPSA) is 54.9 Å². The maximum absolute atomic E-state index is 12.3. The first-order chi connectivity index (χ1) is 14.1. The van der Waals surface area contributed by atoms with Gasteiger partial charge in [0.2, 0.25) is 0 Å². The fourth-order valence-corrected chi connectivity index (χ4v) is 4.86. The highest BCUT2D eigenvalue weighted by molar-refractivity contribution is 7.99. The van der Waals surface area contributed by atoms with Gasteiger partial charge in [-0.15, -0.1) is 11.3 Å². The molecule has 0 unspecified atom stereocenters. The minimum atomic E-state index is -0.184. The Balaban J connectivity index is 1.55. The monoisotopic (exact) mass is 417 g/mol. The molecule has 1 amide bonds. The molecule has 0 saturated carbocycles. The molecule has 0 radical (unpaired) electrons. The van der Waals surface area contributed by atoms with E-state index < -0.39 is 0 Å². The molecule has 0 fully saturated rings. The van der Waals surface area contributed by atoms with Crippen LogP contribution in [0.3, 0.4) is 0 Å². The zero-order valence-corrected chi connectivity index (χ0v) is 17.7. The number of rotatable bonds is 5. The molecule has 4 rings (SSSR count). The van der Waals surface area contributed by atoms with Gasteiger partial charge in [-0.05, 0) is 61.4 Å². The molecule has 2 aromatic heterocycles. The van der Waals surface area contributed by atoms with E-state index in [4.69, 9.17) is 0 Å². The summed E-state index contributed by atoms with van der Waals surface area (Å²) in [4.78, 5) is 23.3. The molecule has 2 heterocycles. The van der Waals surface area contributed by atoms with Crippen molar-refractivity contribution in [3.8, 4) is 11.3 Å². The Bertz CT molecular complexity index is 1120. The first kappa shape index (κ1) is 19.4. The molecule has 0 bridgehead atoms. The highest BCUT2D eigenvalue weighted by Crippen LogP contribution is 2.35. The van der Waals surface area contributed by atoms with Crippen LogP contribution in [0.1, 0.15) is 21.5 Å². The van der Waals surface area contributed by atoms with E-state index in [0.717, 1.165) is 11.3 Å². The van der Waals surface area contributed by atoms with Crippen molar-refractivity contribution in [3.63, 3.8) is 0 Å². The van der Waals surface area contributed by atoms with E-state index in [1.165, 1.54) is 32.3 Å². The Morgan fingerprint density at radius 1 is 0.966 bits per heavy atom. The summed E-state index contributed by atoms with van der Waals surface area (Å²) in [5.74, 6) is -0.184. The number of aromatic nitrogens is 2. The number of nitrogens with one attached hydrogen (secondary N) is 1. The molecule has 6 heteroatoms. The summed E-state index contributed by atoms with van der Waals surface area (Å²) in [6, 6.07) is 18.1. The minimum absolute atomic E-state index is 0.184. The van der Waals surface area contributed by atoms with Crippen molar-refractivity contribution in [2.45, 2.75) is 23.6 Å². The smallest absolute Gasteiger partial charge is 0.257 e. The Morgan fingerprint density at radius 3 is 2.34 bits per heavy atom. The summed E-state index contributed by atoms with van der Waals surface area (Å²) in [5.41, 5.74) is 4.89. The lowest BCUT2D eigenvalue weighted by Crippen LogP contribution is -2.11. The second-order valence-corrected chi connectivity index (χ2v) is 8.58. The van der Waals surface area contributed by atoms with Crippen molar-refractivity contribution in [2.24, 2.45) is 0 Å². The third kappa shape index (κ3) is 4.55. The van der Waals surface area contributed by atoms with E-state index in [2.05, 4.69) is 53.4 Å². The zero-order chi connectivity index (χ0) is 20.2. The van der Waals surface area contributed by atoms with Gasteiger partial charge in [0.25, 0.3) is 5.91 Å². The van der Waals surface area contributed by atoms with Crippen molar-refractivity contribution in [1.29, 1.82) is 0 Å². The summed E-state index contributed by atoms with van der Waals surface area (Å²) in [6.45, 7) is 4.21. The summed E-state index contributed by atoms with van der Waals surface area (Å²) in [7, 11) is 0. The largest absolute Gasteiger partial charge is 0.298 e. The number of carbonyl (C=O) groups excluding carboxylic acids is 1. The second kappa shape index (κ2) is 8.59. The molecule has 4 aromatic rings. The first-order valence-corrected chi connectivity index (χ1v) is 10.8. The van der Waals surface area contributed by atoms with Crippen molar-refractivity contribution < 1.29 is 4.79 Å². The Labute approximate surface area is 178 Å². The van der Waals surface area contributed by atoms with Crippen molar-refractivity contribution >= 4 is 34.1 Å². The first-order valence-electron chi connectivity index (χ1n) is 9.11. The number of carbonyl (C=O) groups is 1. The van der Waals surface area contributed by atoms with Crippen LogP contribution in [0.2, 0.25) is 0 Å². The molecule has 0 aliphatic rings. The van der Waals surface area contributed by atoms with Crippen LogP contribution in [0.25, 0.3) is 11.3 Å². The number of nitrogens with zero attached hydrogens (tertiary/aromatic N) is 2. The standard InChI is InChI=1S/C23H19N3OS2/c1-15-12-19(29-18-6-4-3-5-7-18)13-16(2)21(15)20-14-28-23(25-20)26-22(27)17-8-10-24-11-9-17/h3-14H,1-2H3,(H,25,26,27). The van der Waals surface area contributed by atoms with Crippen LogP contribution in [0.4, 0.5) is 5.13 Å². The molecular weight excluding hydrogens is 398 g/mol. The van der Waals surface area contributed by atoms with Crippen LogP contribution in [-0.4, -0.2) is 15.9 Å². The molecule has 0 spiro atoms. The van der Waals surface area contributed by atoms with Crippen molar-refractivity contribution in [2.75, 3.05) is 5.32 Å². The van der Waals surface area contributed by atoms with E-state index in [0.29, 0.717) is 10.7 Å². The van der Waals surface area contributed by atoms with Gasteiger partial charge in [-0.3, -0.25) is 15.1 Å². The van der Waals surface area contributed by atoms with Gasteiger partial charge in [0.05, 0.1) is 5.69 Å². The molecule has 2 aromatic carbocycles. The highest BCUT2D eigenvalue weighted by atomic mass is 32.2. The number of anilines is 1. The third-order valence-electron chi connectivity index (χ3n) is 4.41. The summed E-state index contributed by atoms with van der Waals surface area (Å²) < 4.78 is 0. The fourth-order valence-electron chi connectivity index (χ4n) is 3.13. The quantitative estimate of drug-likeness (QED) is 0.418. The predicted molar refractivity (Wildman–Crippen MR) is 120 cm³/mol. The van der Waals surface area contributed by atoms with Gasteiger partial charge in [0, 0.05) is 38.7 Å². The fraction of sp³-hybridized carbons (Fsp3) is 0.0870. The SMILES string of the molecule is Cc1cc(Sc2ccccc2)cc(C)c1-c1csc(NC(=O)c2ccncc2)n1. The van der Waals surface area contributed by atoms with Gasteiger partial charge in [0.1, 0.15) is 0 Å². The Morgan fingerprint density at radius 2 is 1.66 bits per heavy atom. The van der Waals surface area contributed by atoms with E-state index in [1.807, 2.05) is 23.6 Å². The second-order valence-electron chi connectivity index (χ2n) is 6.58. The van der Waals surface area contributed by atoms with Crippen molar-refractivity contribution in [3.05, 3.63) is 89.1 Å². The zero-order valence-electron chi connectivity index (χ0n) is 16.0. The van der Waals surface area contributed by atoms with Gasteiger partial charge in [0.15, 0.2) is 5.13 Å². The number of pyridine rings is 1. The molecule has 1 N–H and O–H groups in total. The predicted octanol–water partition coefficient (Wildman–Crippen LogP) is 6.23. The normalized spacial score (nSPS) is 10.7. The maximum atomic E-state index is 12.3. The number of aryl methyl sites for hydroxylation is 2. The van der Waals surface area contributed by atoms with E-state index in [1.54, 1.807) is 36.3 Å². The average molecular weight is 418 g/mol. The molecule has 0 aliphatic heterocycles. The number of thiazole rings is 1. The summed E-state index contributed by atoms with van der Waals surface area (Å²) in [6.07, 6.45) is 3.20. The maximum Gasteiger partial charge on any atom is 0.257 e. The van der Waals surface area contributed by atoms with Gasteiger partial charge >= 0.3 is 0 Å². The lowest BCUT2D eigenvalue weighted by Gasteiger charge is -2.11. The van der Waals surface area contributed by atoms with E-state index in [9.17, 15) is 4.79 Å². The van der Waals surface area contributed by atoms with Gasteiger partial charge in [-0.25, -0.2) is 4.98 Å². The summed E-state index contributed by atoms with van der Waals surface area (Å²) in [5, 5.41) is 5.44. The van der Waals surface area contributed by atoms with Gasteiger partial charge in [-0.1, -0.05) is 30.0 Å². The molecular formula is C23H19N3OS2. The van der Waals surface area contributed by atoms with Gasteiger partial charge < -0.3 is 0 Å². The molecule has 0 aliphatic carbocycles. The lowest BCUT2D eigenvalue weighted by molar-refractivity contribution is 0.102. The van der Waals surface area contributed by atoms with Crippen LogP contribution in [0.15, 0.2) is 82.2 Å². The van der Waals surface area contributed by atoms with Crippen LogP contribution >= 0.6 is 23.1 Å². The van der Waals surface area contributed by atoms with Crippen molar-refractivity contribution in [1.82, 2.24) is 9.97 Å². The number of amides is 1. The molecule has 0 atom stereocenters.